The average Bonchev–Trinajstić information content (AvgIpc) is 3.02. The number of ether oxygens (including phenoxy) is 1. The van der Waals surface area contributed by atoms with Crippen molar-refractivity contribution in [3.63, 3.8) is 0 Å². The number of methoxy groups -OCH3 is 1. The highest BCUT2D eigenvalue weighted by Crippen LogP contribution is 2.31. The monoisotopic (exact) mass is 329 g/mol. The molecule has 1 saturated heterocycles. The maximum absolute atomic E-state index is 14.2. The van der Waals surface area contributed by atoms with Crippen LogP contribution < -0.4 is 15.0 Å². The highest BCUT2D eigenvalue weighted by Gasteiger charge is 2.23. The van der Waals surface area contributed by atoms with Gasteiger partial charge in [0, 0.05) is 30.4 Å². The largest absolute Gasteiger partial charge is 0.495 e. The number of hydrogen-bond acceptors (Lipinski definition) is 4. The number of aromatic nitrogens is 1. The molecule has 1 amide bonds. The van der Waals surface area contributed by atoms with Crippen molar-refractivity contribution in [1.82, 2.24) is 4.98 Å². The summed E-state index contributed by atoms with van der Waals surface area (Å²) in [4.78, 5) is 17.6. The fourth-order valence-corrected chi connectivity index (χ4v) is 2.94. The van der Waals surface area contributed by atoms with Gasteiger partial charge in [0.1, 0.15) is 11.6 Å². The molecule has 1 aromatic carbocycles. The molecular weight excluding hydrogens is 309 g/mol. The van der Waals surface area contributed by atoms with Crippen molar-refractivity contribution in [2.45, 2.75) is 25.8 Å². The number of halogens is 1. The molecule has 0 spiro atoms. The summed E-state index contributed by atoms with van der Waals surface area (Å²) in [6.07, 6.45) is 4.68. The van der Waals surface area contributed by atoms with Crippen molar-refractivity contribution in [2.75, 3.05) is 23.9 Å². The fraction of sp³-hybridized carbons (Fsp3) is 0.333. The first-order valence-electron chi connectivity index (χ1n) is 7.94. The molecule has 1 unspecified atom stereocenters. The number of nitrogens with zero attached hydrogens (tertiary/aromatic N) is 2. The van der Waals surface area contributed by atoms with Crippen LogP contribution in [0.25, 0.3) is 0 Å². The molecule has 3 rings (SSSR count). The van der Waals surface area contributed by atoms with E-state index in [0.717, 1.165) is 17.7 Å². The van der Waals surface area contributed by atoms with Crippen molar-refractivity contribution < 1.29 is 13.9 Å². The number of hydrogen-bond donors (Lipinski definition) is 1. The third-order valence-corrected chi connectivity index (χ3v) is 4.21. The summed E-state index contributed by atoms with van der Waals surface area (Å²) in [5.41, 5.74) is 1.96. The molecule has 0 saturated carbocycles. The van der Waals surface area contributed by atoms with Crippen LogP contribution in [-0.2, 0) is 4.79 Å². The van der Waals surface area contributed by atoms with Gasteiger partial charge >= 0.3 is 0 Å². The maximum atomic E-state index is 14.2. The first-order chi connectivity index (χ1) is 11.6. The average molecular weight is 329 g/mol. The van der Waals surface area contributed by atoms with Crippen molar-refractivity contribution in [1.29, 1.82) is 0 Å². The minimum Gasteiger partial charge on any atom is -0.495 e. The van der Waals surface area contributed by atoms with Crippen LogP contribution in [0.1, 0.15) is 31.4 Å². The summed E-state index contributed by atoms with van der Waals surface area (Å²) in [7, 11) is 1.58. The molecule has 1 aliphatic rings. The second-order valence-corrected chi connectivity index (χ2v) is 5.80. The number of nitrogens with one attached hydrogen (secondary N) is 1. The lowest BCUT2D eigenvalue weighted by Crippen LogP contribution is -2.23. The Morgan fingerprint density at radius 1 is 1.38 bits per heavy atom. The molecule has 1 atom stereocenters. The summed E-state index contributed by atoms with van der Waals surface area (Å²) in [5, 5.41) is 3.16. The van der Waals surface area contributed by atoms with E-state index in [9.17, 15) is 9.18 Å². The lowest BCUT2D eigenvalue weighted by molar-refractivity contribution is -0.117. The predicted octanol–water partition coefficient (Wildman–Crippen LogP) is 3.53. The van der Waals surface area contributed by atoms with Crippen molar-refractivity contribution in [3.8, 4) is 5.75 Å². The van der Waals surface area contributed by atoms with Gasteiger partial charge in [0.15, 0.2) is 0 Å². The zero-order valence-electron chi connectivity index (χ0n) is 13.8. The second-order valence-electron chi connectivity index (χ2n) is 5.80. The van der Waals surface area contributed by atoms with Gasteiger partial charge in [0.05, 0.1) is 25.0 Å². The number of anilines is 2. The minimum atomic E-state index is -0.356. The van der Waals surface area contributed by atoms with Crippen molar-refractivity contribution in [2.24, 2.45) is 0 Å². The molecule has 0 radical (unpaired) electrons. The van der Waals surface area contributed by atoms with E-state index in [1.54, 1.807) is 36.5 Å². The Bertz CT molecular complexity index is 751. The van der Waals surface area contributed by atoms with Gasteiger partial charge in [-0.1, -0.05) is 0 Å². The van der Waals surface area contributed by atoms with Gasteiger partial charge in [-0.25, -0.2) is 4.39 Å². The Kier molecular flexibility index (Phi) is 4.64. The third-order valence-electron chi connectivity index (χ3n) is 4.21. The molecule has 0 bridgehead atoms. The van der Waals surface area contributed by atoms with E-state index in [1.165, 1.54) is 6.07 Å². The highest BCUT2D eigenvalue weighted by atomic mass is 19.1. The number of carbonyl (C=O) groups is 1. The van der Waals surface area contributed by atoms with Gasteiger partial charge in [-0.2, -0.15) is 0 Å². The number of pyridine rings is 1. The lowest BCUT2D eigenvalue weighted by Gasteiger charge is -2.21. The van der Waals surface area contributed by atoms with E-state index < -0.39 is 0 Å². The zero-order valence-corrected chi connectivity index (χ0v) is 13.8. The van der Waals surface area contributed by atoms with E-state index in [1.807, 2.05) is 13.0 Å². The molecule has 2 heterocycles. The molecule has 0 aliphatic carbocycles. The van der Waals surface area contributed by atoms with Crippen molar-refractivity contribution >= 4 is 17.3 Å². The van der Waals surface area contributed by atoms with Crippen LogP contribution in [0.5, 0.6) is 5.75 Å². The third kappa shape index (κ3) is 3.18. The Balaban J connectivity index is 1.85. The number of benzene rings is 1. The van der Waals surface area contributed by atoms with Crippen LogP contribution in [0.3, 0.4) is 0 Å². The molecule has 1 fully saturated rings. The van der Waals surface area contributed by atoms with Crippen LogP contribution in [-0.4, -0.2) is 24.5 Å². The summed E-state index contributed by atoms with van der Waals surface area (Å²) < 4.78 is 19.5. The summed E-state index contributed by atoms with van der Waals surface area (Å²) in [6.45, 7) is 2.60. The SMILES string of the molecule is COc1cnccc1C(C)Nc1cc(N2CCCC2=O)ccc1F. The molecule has 1 N–H and O–H groups in total. The molecule has 1 aliphatic heterocycles. The van der Waals surface area contributed by atoms with E-state index in [2.05, 4.69) is 10.3 Å². The Morgan fingerprint density at radius 3 is 2.92 bits per heavy atom. The number of amides is 1. The lowest BCUT2D eigenvalue weighted by atomic mass is 10.1. The van der Waals surface area contributed by atoms with Gasteiger partial charge in [-0.3, -0.25) is 9.78 Å². The van der Waals surface area contributed by atoms with E-state index >= 15 is 0 Å². The van der Waals surface area contributed by atoms with Gasteiger partial charge in [0.2, 0.25) is 5.91 Å². The molecule has 5 nitrogen and oxygen atoms in total. The first kappa shape index (κ1) is 16.2. The van der Waals surface area contributed by atoms with Gasteiger partial charge in [-0.15, -0.1) is 0 Å². The van der Waals surface area contributed by atoms with E-state index in [-0.39, 0.29) is 17.8 Å². The Hall–Kier alpha value is -2.63. The second kappa shape index (κ2) is 6.86. The molecule has 1 aromatic heterocycles. The normalized spacial score (nSPS) is 15.5. The Labute approximate surface area is 140 Å². The zero-order chi connectivity index (χ0) is 17.1. The number of carbonyl (C=O) groups excluding carboxylic acids is 1. The minimum absolute atomic E-state index is 0.0800. The highest BCUT2D eigenvalue weighted by molar-refractivity contribution is 5.95. The van der Waals surface area contributed by atoms with Crippen LogP contribution in [0.4, 0.5) is 15.8 Å². The van der Waals surface area contributed by atoms with E-state index in [4.69, 9.17) is 4.74 Å². The molecule has 6 heteroatoms. The van der Waals surface area contributed by atoms with Gasteiger partial charge < -0.3 is 15.0 Å². The quantitative estimate of drug-likeness (QED) is 0.912. The van der Waals surface area contributed by atoms with Crippen LogP contribution in [0.15, 0.2) is 36.7 Å². The first-order valence-corrected chi connectivity index (χ1v) is 7.94. The predicted molar refractivity (Wildman–Crippen MR) is 90.8 cm³/mol. The molecule has 24 heavy (non-hydrogen) atoms. The number of rotatable bonds is 5. The van der Waals surface area contributed by atoms with Crippen molar-refractivity contribution in [3.05, 3.63) is 48.0 Å². The fourth-order valence-electron chi connectivity index (χ4n) is 2.94. The standard InChI is InChI=1S/C18H20FN3O2/c1-12(14-7-8-20-11-17(14)24-2)21-16-10-13(5-6-15(16)19)22-9-3-4-18(22)23/h5-8,10-12,21H,3-4,9H2,1-2H3. The molecular formula is C18H20FN3O2. The smallest absolute Gasteiger partial charge is 0.227 e. The summed E-state index contributed by atoms with van der Waals surface area (Å²) in [5.74, 6) is 0.366. The molecule has 126 valence electrons. The summed E-state index contributed by atoms with van der Waals surface area (Å²) in [6, 6.07) is 6.37. The van der Waals surface area contributed by atoms with Gasteiger partial charge in [-0.05, 0) is 37.6 Å². The van der Waals surface area contributed by atoms with Crippen LogP contribution in [0, 0.1) is 5.82 Å². The van der Waals surface area contributed by atoms with Crippen LogP contribution >= 0.6 is 0 Å². The van der Waals surface area contributed by atoms with Crippen LogP contribution in [0.2, 0.25) is 0 Å². The Morgan fingerprint density at radius 2 is 2.21 bits per heavy atom. The summed E-state index contributed by atoms with van der Waals surface area (Å²) >= 11 is 0. The van der Waals surface area contributed by atoms with Gasteiger partial charge in [0.25, 0.3) is 0 Å². The molecule has 2 aromatic rings. The maximum Gasteiger partial charge on any atom is 0.227 e. The topological polar surface area (TPSA) is 54.5 Å². The van der Waals surface area contributed by atoms with E-state index in [0.29, 0.717) is 24.4 Å².